The Hall–Kier alpha value is -0.180. The van der Waals surface area contributed by atoms with E-state index in [1.165, 1.54) is 12.8 Å². The van der Waals surface area contributed by atoms with Crippen LogP contribution in [0.15, 0.2) is 0 Å². The minimum atomic E-state index is -2.57. The van der Waals surface area contributed by atoms with Crippen LogP contribution >= 0.6 is 0 Å². The smallest absolute Gasteiger partial charge is 0.257 e. The van der Waals surface area contributed by atoms with Gasteiger partial charge in [0.15, 0.2) is 0 Å². The van der Waals surface area contributed by atoms with Crippen molar-refractivity contribution in [2.24, 2.45) is 5.92 Å². The molecule has 0 radical (unpaired) electrons. The predicted octanol–water partition coefficient (Wildman–Crippen LogP) is 2.81. The van der Waals surface area contributed by atoms with Crippen LogP contribution in [0.2, 0.25) is 0 Å². The summed E-state index contributed by atoms with van der Waals surface area (Å²) in [7, 11) is 0. The monoisotopic (exact) mass is 191 g/mol. The maximum atomic E-state index is 12.5. The van der Waals surface area contributed by atoms with Gasteiger partial charge in [-0.25, -0.2) is 8.78 Å². The highest BCUT2D eigenvalue weighted by molar-refractivity contribution is 4.77. The number of hydrogen-bond acceptors (Lipinski definition) is 1. The van der Waals surface area contributed by atoms with Crippen molar-refractivity contribution in [2.45, 2.75) is 51.5 Å². The Bertz CT molecular complexity index is 145. The van der Waals surface area contributed by atoms with E-state index in [4.69, 9.17) is 0 Å². The molecule has 13 heavy (non-hydrogen) atoms. The maximum absolute atomic E-state index is 12.5. The molecule has 1 aliphatic carbocycles. The molecule has 1 nitrogen and oxygen atoms in total. The second-order valence-electron chi connectivity index (χ2n) is 4.41. The summed E-state index contributed by atoms with van der Waals surface area (Å²) in [6, 6.07) is 0.321. The Balaban J connectivity index is 2.16. The average Bonchev–Trinajstić information content (AvgIpc) is 2.02. The van der Waals surface area contributed by atoms with E-state index in [1.807, 2.05) is 0 Å². The molecule has 0 unspecified atom stereocenters. The number of hydrogen-bond donors (Lipinski definition) is 1. The molecule has 1 rings (SSSR count). The zero-order valence-electron chi connectivity index (χ0n) is 8.45. The minimum absolute atomic E-state index is 0.175. The minimum Gasteiger partial charge on any atom is -0.308 e. The molecule has 3 heteroatoms. The molecule has 1 N–H and O–H groups in total. The number of halogens is 2. The predicted molar refractivity (Wildman–Crippen MR) is 50.0 cm³/mol. The lowest BCUT2D eigenvalue weighted by atomic mass is 9.87. The Morgan fingerprint density at radius 1 is 1.23 bits per heavy atom. The zero-order valence-corrected chi connectivity index (χ0v) is 8.45. The molecule has 78 valence electrons. The lowest BCUT2D eigenvalue weighted by Gasteiger charge is -2.28. The maximum Gasteiger partial charge on any atom is 0.257 e. The molecule has 0 aromatic rings. The Labute approximate surface area is 78.9 Å². The first-order valence-corrected chi connectivity index (χ1v) is 5.08. The summed E-state index contributed by atoms with van der Waals surface area (Å²) in [4.78, 5) is 0. The Morgan fingerprint density at radius 2 is 1.77 bits per heavy atom. The molecule has 1 fully saturated rings. The third-order valence-electron chi connectivity index (χ3n) is 2.72. The van der Waals surface area contributed by atoms with Gasteiger partial charge < -0.3 is 5.32 Å². The zero-order chi connectivity index (χ0) is 9.90. The Kier molecular flexibility index (Phi) is 3.65. The summed E-state index contributed by atoms with van der Waals surface area (Å²) >= 11 is 0. The number of alkyl halides is 2. The van der Waals surface area contributed by atoms with Crippen molar-refractivity contribution in [1.82, 2.24) is 5.32 Å². The molecule has 0 saturated heterocycles. The van der Waals surface area contributed by atoms with E-state index in [9.17, 15) is 8.78 Å². The second kappa shape index (κ2) is 4.36. The summed E-state index contributed by atoms with van der Waals surface area (Å²) < 4.78 is 25.0. The quantitative estimate of drug-likeness (QED) is 0.723. The van der Waals surface area contributed by atoms with Gasteiger partial charge in [-0.2, -0.15) is 0 Å². The van der Waals surface area contributed by atoms with E-state index in [2.05, 4.69) is 12.2 Å². The first kappa shape index (κ1) is 10.9. The van der Waals surface area contributed by atoms with Crippen molar-refractivity contribution in [2.75, 3.05) is 6.54 Å². The van der Waals surface area contributed by atoms with Gasteiger partial charge in [-0.1, -0.05) is 6.92 Å². The fraction of sp³-hybridized carbons (Fsp3) is 1.00. The van der Waals surface area contributed by atoms with E-state index >= 15 is 0 Å². The van der Waals surface area contributed by atoms with E-state index in [-0.39, 0.29) is 6.54 Å². The summed E-state index contributed by atoms with van der Waals surface area (Å²) in [6.07, 6.45) is 4.45. The highest BCUT2D eigenvalue weighted by atomic mass is 19.3. The van der Waals surface area contributed by atoms with Gasteiger partial charge in [0.1, 0.15) is 0 Å². The van der Waals surface area contributed by atoms with Crippen LogP contribution in [-0.2, 0) is 0 Å². The highest BCUT2D eigenvalue weighted by Gasteiger charge is 2.24. The van der Waals surface area contributed by atoms with Crippen LogP contribution in [0.3, 0.4) is 0 Å². The molecule has 0 spiro atoms. The van der Waals surface area contributed by atoms with E-state index in [0.717, 1.165) is 25.7 Å². The molecule has 0 aliphatic heterocycles. The average molecular weight is 191 g/mol. The topological polar surface area (TPSA) is 12.0 Å². The molecule has 0 atom stereocenters. The molecule has 0 amide bonds. The first-order chi connectivity index (χ1) is 5.97. The van der Waals surface area contributed by atoms with Crippen molar-refractivity contribution in [1.29, 1.82) is 0 Å². The molecule has 0 bridgehead atoms. The Morgan fingerprint density at radius 3 is 2.23 bits per heavy atom. The van der Waals surface area contributed by atoms with Crippen molar-refractivity contribution < 1.29 is 8.78 Å². The first-order valence-electron chi connectivity index (χ1n) is 5.08. The summed E-state index contributed by atoms with van der Waals surface area (Å²) in [5.41, 5.74) is 0. The van der Waals surface area contributed by atoms with E-state index in [1.54, 1.807) is 0 Å². The van der Waals surface area contributed by atoms with Crippen molar-refractivity contribution in [3.05, 3.63) is 0 Å². The fourth-order valence-corrected chi connectivity index (χ4v) is 1.79. The van der Waals surface area contributed by atoms with E-state index in [0.29, 0.717) is 6.04 Å². The SMILES string of the molecule is CC(F)(F)CN[C@H]1CC[C@H](C)CC1. The molecule has 1 saturated carbocycles. The van der Waals surface area contributed by atoms with Crippen molar-refractivity contribution in [3.8, 4) is 0 Å². The third kappa shape index (κ3) is 4.55. The van der Waals surface area contributed by atoms with Crippen LogP contribution in [0.4, 0.5) is 8.78 Å². The molecule has 0 aromatic carbocycles. The van der Waals surface area contributed by atoms with Crippen LogP contribution in [0.25, 0.3) is 0 Å². The fourth-order valence-electron chi connectivity index (χ4n) is 1.79. The van der Waals surface area contributed by atoms with Gasteiger partial charge in [0.05, 0.1) is 6.54 Å². The van der Waals surface area contributed by atoms with Crippen LogP contribution < -0.4 is 5.32 Å². The summed E-state index contributed by atoms with van der Waals surface area (Å²) in [5.74, 6) is -1.79. The third-order valence-corrected chi connectivity index (χ3v) is 2.72. The molecule has 0 heterocycles. The highest BCUT2D eigenvalue weighted by Crippen LogP contribution is 2.23. The molecule has 0 aromatic heterocycles. The normalized spacial score (nSPS) is 30.5. The van der Waals surface area contributed by atoms with Crippen LogP contribution in [0.5, 0.6) is 0 Å². The summed E-state index contributed by atoms with van der Waals surface area (Å²) in [6.45, 7) is 3.02. The van der Waals surface area contributed by atoms with E-state index < -0.39 is 5.92 Å². The second-order valence-corrected chi connectivity index (χ2v) is 4.41. The standard InChI is InChI=1S/C10H19F2N/c1-8-3-5-9(6-4-8)13-7-10(2,11)12/h8-9,13H,3-7H2,1-2H3/t8-,9-. The summed E-state index contributed by atoms with van der Waals surface area (Å²) in [5, 5.41) is 2.93. The van der Waals surface area contributed by atoms with Crippen LogP contribution in [-0.4, -0.2) is 18.5 Å². The van der Waals surface area contributed by atoms with Gasteiger partial charge in [-0.05, 0) is 31.6 Å². The van der Waals surface area contributed by atoms with Crippen LogP contribution in [0, 0.1) is 5.92 Å². The van der Waals surface area contributed by atoms with Gasteiger partial charge in [-0.15, -0.1) is 0 Å². The lowest BCUT2D eigenvalue weighted by Crippen LogP contribution is -2.39. The molecular formula is C10H19F2N. The molecule has 1 aliphatic rings. The molecular weight excluding hydrogens is 172 g/mol. The number of nitrogens with one attached hydrogen (secondary N) is 1. The van der Waals surface area contributed by atoms with Gasteiger partial charge in [0.2, 0.25) is 0 Å². The van der Waals surface area contributed by atoms with Crippen molar-refractivity contribution >= 4 is 0 Å². The van der Waals surface area contributed by atoms with Crippen molar-refractivity contribution in [3.63, 3.8) is 0 Å². The van der Waals surface area contributed by atoms with Gasteiger partial charge in [-0.3, -0.25) is 0 Å². The number of rotatable bonds is 3. The van der Waals surface area contributed by atoms with Gasteiger partial charge in [0, 0.05) is 13.0 Å². The van der Waals surface area contributed by atoms with Gasteiger partial charge >= 0.3 is 0 Å². The largest absolute Gasteiger partial charge is 0.308 e. The van der Waals surface area contributed by atoms with Gasteiger partial charge in [0.25, 0.3) is 5.92 Å². The van der Waals surface area contributed by atoms with Crippen LogP contribution in [0.1, 0.15) is 39.5 Å². The lowest BCUT2D eigenvalue weighted by molar-refractivity contribution is 0.0182.